The zero-order chi connectivity index (χ0) is 33.1. The highest BCUT2D eigenvalue weighted by molar-refractivity contribution is 7.21. The number of hydrogen-bond acceptors (Lipinski definition) is 1. The van der Waals surface area contributed by atoms with Crippen LogP contribution >= 0.6 is 0 Å². The maximum absolute atomic E-state index is 2.65. The van der Waals surface area contributed by atoms with Crippen LogP contribution in [0.25, 0.3) is 43.4 Å². The van der Waals surface area contributed by atoms with Crippen LogP contribution in [0.1, 0.15) is 0 Å². The van der Waals surface area contributed by atoms with Crippen molar-refractivity contribution in [2.75, 3.05) is 4.90 Å². The van der Waals surface area contributed by atoms with Gasteiger partial charge in [-0.2, -0.15) is 0 Å². The van der Waals surface area contributed by atoms with Gasteiger partial charge in [-0.15, -0.1) is 0 Å². The van der Waals surface area contributed by atoms with Crippen molar-refractivity contribution in [1.29, 1.82) is 0 Å². The Bertz CT molecular complexity index is 2590. The van der Waals surface area contributed by atoms with Crippen LogP contribution in [0.15, 0.2) is 200 Å². The molecule has 9 aromatic rings. The van der Waals surface area contributed by atoms with E-state index in [9.17, 15) is 0 Å². The molecule has 0 atom stereocenters. The normalized spacial score (nSPS) is 13.3. The third-order valence-electron chi connectivity index (χ3n) is 10.7. The first-order valence-electron chi connectivity index (χ1n) is 17.4. The Morgan fingerprint density at radius 3 is 1.30 bits per heavy atom. The van der Waals surface area contributed by atoms with Crippen LogP contribution in [-0.2, 0) is 0 Å². The van der Waals surface area contributed by atoms with Crippen LogP contribution in [0.3, 0.4) is 0 Å². The molecule has 0 saturated heterocycles. The van der Waals surface area contributed by atoms with E-state index in [4.69, 9.17) is 0 Å². The molecule has 0 N–H and O–H groups in total. The summed E-state index contributed by atoms with van der Waals surface area (Å²) in [6.45, 7) is 0. The molecule has 1 aliphatic heterocycles. The minimum absolute atomic E-state index is 1.16. The van der Waals surface area contributed by atoms with Gasteiger partial charge in [-0.1, -0.05) is 170 Å². The van der Waals surface area contributed by atoms with Crippen LogP contribution in [-0.4, -0.2) is 8.07 Å². The molecule has 1 heterocycles. The molecule has 0 saturated carbocycles. The van der Waals surface area contributed by atoms with E-state index in [1.807, 2.05) is 0 Å². The van der Waals surface area contributed by atoms with Crippen molar-refractivity contribution in [3.8, 4) is 11.1 Å². The lowest BCUT2D eigenvalue weighted by Crippen LogP contribution is -2.77. The highest BCUT2D eigenvalue weighted by atomic mass is 28.3. The molecule has 0 aromatic heterocycles. The first-order valence-corrected chi connectivity index (χ1v) is 19.4. The number of nitrogens with zero attached hydrogens (tertiary/aromatic N) is 1. The second-order valence-corrected chi connectivity index (χ2v) is 17.0. The molecule has 0 aliphatic carbocycles. The molecule has 1 nitrogen and oxygen atoms in total. The summed E-state index contributed by atoms with van der Waals surface area (Å²) in [7, 11) is -2.65. The SMILES string of the molecule is c1ccc([Si]2(c3ccccc3)c3ccccc3N(c3cccc(-c4ccc5c6ccccc6c6ccccc6c5c4)c3)c3ccccc32)cc1. The second-order valence-electron chi connectivity index (χ2n) is 13.3. The number of anilines is 3. The summed E-state index contributed by atoms with van der Waals surface area (Å²) < 4.78 is 0. The van der Waals surface area contributed by atoms with Gasteiger partial charge in [0, 0.05) is 17.1 Å². The summed E-state index contributed by atoms with van der Waals surface area (Å²) in [6, 6.07) is 74.4. The Kier molecular flexibility index (Phi) is 6.58. The summed E-state index contributed by atoms with van der Waals surface area (Å²) >= 11 is 0. The molecule has 10 rings (SSSR count). The minimum Gasteiger partial charge on any atom is -0.311 e. The molecule has 0 unspecified atom stereocenters. The molecule has 0 radical (unpaired) electrons. The average Bonchev–Trinajstić information content (AvgIpc) is 3.20. The van der Waals surface area contributed by atoms with Gasteiger partial charge < -0.3 is 4.90 Å². The van der Waals surface area contributed by atoms with Gasteiger partial charge in [-0.25, -0.2) is 0 Å². The lowest BCUT2D eigenvalue weighted by molar-refractivity contribution is 1.29. The monoisotopic (exact) mass is 651 g/mol. The van der Waals surface area contributed by atoms with E-state index in [1.165, 1.54) is 75.6 Å². The fraction of sp³-hybridized carbons (Fsp3) is 0. The summed E-state index contributed by atoms with van der Waals surface area (Å²) in [6.07, 6.45) is 0. The van der Waals surface area contributed by atoms with Gasteiger partial charge in [0.15, 0.2) is 8.07 Å². The molecular formula is C48H33NSi. The molecule has 50 heavy (non-hydrogen) atoms. The maximum atomic E-state index is 2.50. The largest absolute Gasteiger partial charge is 0.311 e. The Balaban J connectivity index is 1.19. The molecule has 0 spiro atoms. The Morgan fingerprint density at radius 2 is 0.740 bits per heavy atom. The Hall–Kier alpha value is -6.22. The second kappa shape index (κ2) is 11.4. The zero-order valence-corrected chi connectivity index (χ0v) is 28.5. The van der Waals surface area contributed by atoms with E-state index in [1.54, 1.807) is 0 Å². The van der Waals surface area contributed by atoms with E-state index in [0.717, 1.165) is 5.69 Å². The first kappa shape index (κ1) is 28.8. The molecule has 9 aromatic carbocycles. The molecule has 0 fully saturated rings. The average molecular weight is 652 g/mol. The van der Waals surface area contributed by atoms with Crippen molar-refractivity contribution in [2.24, 2.45) is 0 Å². The van der Waals surface area contributed by atoms with Crippen molar-refractivity contribution < 1.29 is 0 Å². The summed E-state index contributed by atoms with van der Waals surface area (Å²) in [5.41, 5.74) is 6.08. The van der Waals surface area contributed by atoms with Crippen LogP contribution in [0, 0.1) is 0 Å². The van der Waals surface area contributed by atoms with Crippen molar-refractivity contribution in [3.63, 3.8) is 0 Å². The number of fused-ring (bicyclic) bond motifs is 8. The standard InChI is InChI=1S/C48H33NSi/c1-3-18-37(19-4-1)50(38-20-5-2-6-21-38)47-28-13-11-26-45(47)49(46-27-12-14-29-48(46)50)36-17-15-16-34(32-36)35-30-31-43-41-24-8-7-22-39(41)40-23-9-10-25-42(40)44(43)33-35/h1-33H. The van der Waals surface area contributed by atoms with Gasteiger partial charge in [0.05, 0.1) is 0 Å². The van der Waals surface area contributed by atoms with Gasteiger partial charge in [0.25, 0.3) is 0 Å². The summed E-state index contributed by atoms with van der Waals surface area (Å²) in [4.78, 5) is 2.50. The predicted octanol–water partition coefficient (Wildman–Crippen LogP) is 9.97. The number of para-hydroxylation sites is 2. The Labute approximate surface area is 293 Å². The lowest BCUT2D eigenvalue weighted by Gasteiger charge is -2.45. The van der Waals surface area contributed by atoms with Crippen molar-refractivity contribution in [3.05, 3.63) is 200 Å². The van der Waals surface area contributed by atoms with E-state index >= 15 is 0 Å². The van der Waals surface area contributed by atoms with Crippen LogP contribution in [0.2, 0.25) is 0 Å². The minimum atomic E-state index is -2.65. The van der Waals surface area contributed by atoms with Gasteiger partial charge in [0.1, 0.15) is 0 Å². The van der Waals surface area contributed by atoms with E-state index in [0.29, 0.717) is 0 Å². The van der Waals surface area contributed by atoms with Gasteiger partial charge in [-0.3, -0.25) is 0 Å². The number of benzene rings is 9. The fourth-order valence-electron chi connectivity index (χ4n) is 8.60. The maximum Gasteiger partial charge on any atom is 0.184 e. The van der Waals surface area contributed by atoms with E-state index in [-0.39, 0.29) is 0 Å². The smallest absolute Gasteiger partial charge is 0.184 e. The molecule has 234 valence electrons. The van der Waals surface area contributed by atoms with Crippen molar-refractivity contribution in [1.82, 2.24) is 0 Å². The van der Waals surface area contributed by atoms with Crippen molar-refractivity contribution >= 4 is 78.2 Å². The molecular weight excluding hydrogens is 619 g/mol. The van der Waals surface area contributed by atoms with Crippen LogP contribution in [0.4, 0.5) is 17.1 Å². The first-order chi connectivity index (χ1) is 24.8. The topological polar surface area (TPSA) is 3.24 Å². The van der Waals surface area contributed by atoms with Gasteiger partial charge >= 0.3 is 0 Å². The number of hydrogen-bond donors (Lipinski definition) is 0. The van der Waals surface area contributed by atoms with Crippen LogP contribution < -0.4 is 25.6 Å². The summed E-state index contributed by atoms with van der Waals surface area (Å²) in [5, 5.41) is 13.4. The molecule has 0 bridgehead atoms. The third-order valence-corrected chi connectivity index (χ3v) is 15.6. The predicted molar refractivity (Wildman–Crippen MR) is 216 cm³/mol. The van der Waals surface area contributed by atoms with E-state index in [2.05, 4.69) is 205 Å². The summed E-state index contributed by atoms with van der Waals surface area (Å²) in [5.74, 6) is 0. The van der Waals surface area contributed by atoms with Crippen molar-refractivity contribution in [2.45, 2.75) is 0 Å². The molecule has 1 aliphatic rings. The molecule has 0 amide bonds. The van der Waals surface area contributed by atoms with Gasteiger partial charge in [0.2, 0.25) is 0 Å². The highest BCUT2D eigenvalue weighted by Crippen LogP contribution is 2.41. The zero-order valence-electron chi connectivity index (χ0n) is 27.5. The lowest BCUT2D eigenvalue weighted by atomic mass is 9.92. The molecule has 2 heteroatoms. The quantitative estimate of drug-likeness (QED) is 0.135. The third kappa shape index (κ3) is 4.19. The van der Waals surface area contributed by atoms with Crippen LogP contribution in [0.5, 0.6) is 0 Å². The highest BCUT2D eigenvalue weighted by Gasteiger charge is 2.48. The fourth-order valence-corrected chi connectivity index (χ4v) is 13.7. The number of rotatable bonds is 4. The van der Waals surface area contributed by atoms with Gasteiger partial charge in [-0.05, 0) is 94.5 Å². The van der Waals surface area contributed by atoms with E-state index < -0.39 is 8.07 Å². The Morgan fingerprint density at radius 1 is 0.300 bits per heavy atom.